The highest BCUT2D eigenvalue weighted by molar-refractivity contribution is 7.19. The number of benzene rings is 1. The van der Waals surface area contributed by atoms with Gasteiger partial charge in [0.2, 0.25) is 0 Å². The number of morpholine rings is 1. The Morgan fingerprint density at radius 2 is 1.84 bits per heavy atom. The molecule has 5 rings (SSSR count). The van der Waals surface area contributed by atoms with Crippen LogP contribution in [0.3, 0.4) is 0 Å². The van der Waals surface area contributed by atoms with Crippen molar-refractivity contribution in [1.29, 1.82) is 0 Å². The highest BCUT2D eigenvalue weighted by Crippen LogP contribution is 2.49. The molecular weight excluding hydrogens is 418 g/mol. The molecule has 1 aliphatic carbocycles. The summed E-state index contributed by atoms with van der Waals surface area (Å²) in [5, 5.41) is 1.20. The monoisotopic (exact) mass is 447 g/mol. The van der Waals surface area contributed by atoms with Crippen molar-refractivity contribution in [3.8, 4) is 11.1 Å². The van der Waals surface area contributed by atoms with Crippen molar-refractivity contribution >= 4 is 33.6 Å². The second kappa shape index (κ2) is 8.34. The summed E-state index contributed by atoms with van der Waals surface area (Å²) in [5.74, 6) is 1.17. The molecule has 1 fully saturated rings. The smallest absolute Gasteiger partial charge is 0.173 e. The van der Waals surface area contributed by atoms with E-state index in [0.717, 1.165) is 54.7 Å². The summed E-state index contributed by atoms with van der Waals surface area (Å²) in [4.78, 5) is 23.2. The molecule has 3 heterocycles. The molecule has 0 bridgehead atoms. The first-order chi connectivity index (χ1) is 15.4. The fraction of sp³-hybridized carbons (Fsp3) is 0.385. The van der Waals surface area contributed by atoms with Crippen molar-refractivity contribution < 1.29 is 9.53 Å². The van der Waals surface area contributed by atoms with E-state index in [0.29, 0.717) is 6.42 Å². The Morgan fingerprint density at radius 3 is 2.59 bits per heavy atom. The third kappa shape index (κ3) is 3.93. The molecule has 32 heavy (non-hydrogen) atoms. The van der Waals surface area contributed by atoms with Gasteiger partial charge in [0.1, 0.15) is 5.82 Å². The van der Waals surface area contributed by atoms with E-state index >= 15 is 0 Å². The number of carbonyl (C=O) groups excluding carboxylic acids is 1. The summed E-state index contributed by atoms with van der Waals surface area (Å²) in [7, 11) is 2.04. The number of hydrogen-bond acceptors (Lipinski definition) is 6. The zero-order valence-electron chi connectivity index (χ0n) is 18.9. The highest BCUT2D eigenvalue weighted by Gasteiger charge is 2.37. The van der Waals surface area contributed by atoms with Crippen LogP contribution in [0, 0.1) is 5.41 Å². The molecule has 5 nitrogen and oxygen atoms in total. The molecule has 2 aliphatic rings. The first-order valence-corrected chi connectivity index (χ1v) is 12.0. The number of nitrogens with zero attached hydrogens (tertiary/aromatic N) is 3. The maximum Gasteiger partial charge on any atom is 0.173 e. The molecule has 0 saturated carbocycles. The molecular formula is C26H29N3O2S. The van der Waals surface area contributed by atoms with Crippen molar-refractivity contribution in [3.05, 3.63) is 59.1 Å². The second-order valence-corrected chi connectivity index (χ2v) is 10.4. The van der Waals surface area contributed by atoms with Gasteiger partial charge in [-0.3, -0.25) is 4.79 Å². The SMILES string of the molecule is CN(c1ccccc1)c1cc(-c2c(N3CCOCC3)sc3c2CC(C)(C)CC3=O)ccn1. The van der Waals surface area contributed by atoms with Gasteiger partial charge in [0.15, 0.2) is 5.78 Å². The number of ketones is 1. The summed E-state index contributed by atoms with van der Waals surface area (Å²) in [6, 6.07) is 14.5. The van der Waals surface area contributed by atoms with Crippen LogP contribution in [0.1, 0.15) is 35.5 Å². The number of aromatic nitrogens is 1. The van der Waals surface area contributed by atoms with E-state index in [1.54, 1.807) is 11.3 Å². The number of para-hydroxylation sites is 1. The number of hydrogen-bond donors (Lipinski definition) is 0. The number of anilines is 3. The topological polar surface area (TPSA) is 45.7 Å². The molecule has 0 unspecified atom stereocenters. The summed E-state index contributed by atoms with van der Waals surface area (Å²) < 4.78 is 5.60. The van der Waals surface area contributed by atoms with Gasteiger partial charge >= 0.3 is 0 Å². The summed E-state index contributed by atoms with van der Waals surface area (Å²) in [6.07, 6.45) is 3.41. The molecule has 6 heteroatoms. The maximum atomic E-state index is 13.1. The standard InChI is InChI=1S/C26H29N3O2S/c1-26(2)16-20-23(25(29-11-13-31-14-12-29)32-24(20)21(30)17-26)18-9-10-27-22(15-18)28(3)19-7-5-4-6-8-19/h4-10,15H,11-14,16-17H2,1-3H3. The van der Waals surface area contributed by atoms with Crippen molar-refractivity contribution in [2.24, 2.45) is 5.41 Å². The van der Waals surface area contributed by atoms with E-state index in [9.17, 15) is 4.79 Å². The van der Waals surface area contributed by atoms with Crippen LogP contribution >= 0.6 is 11.3 Å². The van der Waals surface area contributed by atoms with Gasteiger partial charge < -0.3 is 14.5 Å². The molecule has 0 spiro atoms. The number of fused-ring (bicyclic) bond motifs is 1. The maximum absolute atomic E-state index is 13.1. The molecule has 0 atom stereocenters. The number of thiophene rings is 1. The Labute approximate surface area is 193 Å². The van der Waals surface area contributed by atoms with Crippen LogP contribution in [0.5, 0.6) is 0 Å². The molecule has 1 aromatic carbocycles. The minimum Gasteiger partial charge on any atom is -0.378 e. The van der Waals surface area contributed by atoms with Crippen molar-refractivity contribution in [1.82, 2.24) is 4.98 Å². The predicted octanol–water partition coefficient (Wildman–Crippen LogP) is 5.57. The third-order valence-corrected chi connectivity index (χ3v) is 7.69. The fourth-order valence-electron chi connectivity index (χ4n) is 4.73. The van der Waals surface area contributed by atoms with Gasteiger partial charge in [0.25, 0.3) is 0 Å². The Bertz CT molecular complexity index is 1130. The molecule has 1 saturated heterocycles. The van der Waals surface area contributed by atoms with Crippen LogP contribution in [-0.2, 0) is 11.2 Å². The Hall–Kier alpha value is -2.70. The first kappa shape index (κ1) is 21.2. The number of pyridine rings is 1. The lowest BCUT2D eigenvalue weighted by Crippen LogP contribution is -2.36. The summed E-state index contributed by atoms with van der Waals surface area (Å²) >= 11 is 1.67. The average molecular weight is 448 g/mol. The quantitative estimate of drug-likeness (QED) is 0.523. The van der Waals surface area contributed by atoms with Gasteiger partial charge in [-0.05, 0) is 47.2 Å². The van der Waals surface area contributed by atoms with Crippen molar-refractivity contribution in [2.75, 3.05) is 43.2 Å². The van der Waals surface area contributed by atoms with Crippen LogP contribution in [0.25, 0.3) is 11.1 Å². The van der Waals surface area contributed by atoms with Crippen LogP contribution in [0.4, 0.5) is 16.5 Å². The van der Waals surface area contributed by atoms with Crippen LogP contribution in [0.2, 0.25) is 0 Å². The van der Waals surface area contributed by atoms with Crippen molar-refractivity contribution in [3.63, 3.8) is 0 Å². The van der Waals surface area contributed by atoms with Crippen molar-refractivity contribution in [2.45, 2.75) is 26.7 Å². The van der Waals surface area contributed by atoms with Gasteiger partial charge in [-0.1, -0.05) is 32.0 Å². The van der Waals surface area contributed by atoms with E-state index < -0.39 is 0 Å². The minimum atomic E-state index is -0.0289. The molecule has 2 aromatic heterocycles. The van der Waals surface area contributed by atoms with Gasteiger partial charge in [-0.25, -0.2) is 4.98 Å². The largest absolute Gasteiger partial charge is 0.378 e. The summed E-state index contributed by atoms with van der Waals surface area (Å²) in [5.41, 5.74) is 4.60. The number of rotatable bonds is 4. The highest BCUT2D eigenvalue weighted by atomic mass is 32.1. The summed E-state index contributed by atoms with van der Waals surface area (Å²) in [6.45, 7) is 7.55. The zero-order chi connectivity index (χ0) is 22.3. The molecule has 0 amide bonds. The van der Waals surface area contributed by atoms with Crippen LogP contribution in [0.15, 0.2) is 48.7 Å². The van der Waals surface area contributed by atoms with Gasteiger partial charge in [0.05, 0.1) is 23.1 Å². The van der Waals surface area contributed by atoms with Crippen LogP contribution < -0.4 is 9.80 Å². The Balaban J connectivity index is 1.63. The molecule has 166 valence electrons. The average Bonchev–Trinajstić information content (AvgIpc) is 3.18. The van der Waals surface area contributed by atoms with E-state index in [1.165, 1.54) is 16.1 Å². The molecule has 1 aliphatic heterocycles. The number of Topliss-reactive ketones (excluding diaryl/α,β-unsaturated/α-hetero) is 1. The third-order valence-electron chi connectivity index (χ3n) is 6.36. The lowest BCUT2D eigenvalue weighted by atomic mass is 9.75. The normalized spacial score (nSPS) is 17.8. The predicted molar refractivity (Wildman–Crippen MR) is 132 cm³/mol. The van der Waals surface area contributed by atoms with E-state index in [-0.39, 0.29) is 11.2 Å². The Morgan fingerprint density at radius 1 is 1.09 bits per heavy atom. The second-order valence-electron chi connectivity index (χ2n) is 9.43. The van der Waals surface area contributed by atoms with Gasteiger partial charge in [0, 0.05) is 44.0 Å². The number of carbonyl (C=O) groups is 1. The minimum absolute atomic E-state index is 0.0289. The fourth-order valence-corrected chi connectivity index (χ4v) is 6.06. The Kier molecular flexibility index (Phi) is 5.51. The lowest BCUT2D eigenvalue weighted by molar-refractivity contribution is 0.0918. The van der Waals surface area contributed by atoms with E-state index in [4.69, 9.17) is 4.74 Å². The van der Waals surface area contributed by atoms with Gasteiger partial charge in [-0.15, -0.1) is 11.3 Å². The van der Waals surface area contributed by atoms with E-state index in [2.05, 4.69) is 52.9 Å². The molecule has 3 aromatic rings. The number of ether oxygens (including phenoxy) is 1. The van der Waals surface area contributed by atoms with E-state index in [1.807, 2.05) is 31.4 Å². The van der Waals surface area contributed by atoms with Gasteiger partial charge in [-0.2, -0.15) is 0 Å². The molecule has 0 N–H and O–H groups in total. The first-order valence-electron chi connectivity index (χ1n) is 11.2. The lowest BCUT2D eigenvalue weighted by Gasteiger charge is -2.30. The molecule has 0 radical (unpaired) electrons. The zero-order valence-corrected chi connectivity index (χ0v) is 19.7. The van der Waals surface area contributed by atoms with Crippen LogP contribution in [-0.4, -0.2) is 44.1 Å².